The molecule has 1 aromatic carbocycles. The Labute approximate surface area is 183 Å². The average Bonchev–Trinajstić information content (AvgIpc) is 2.96. The van der Waals surface area contributed by atoms with Gasteiger partial charge in [-0.1, -0.05) is 36.8 Å². The molecule has 1 saturated heterocycles. The molecule has 1 saturated carbocycles. The first-order chi connectivity index (χ1) is 15.2. The largest absolute Gasteiger partial charge is 0.354 e. The predicted molar refractivity (Wildman–Crippen MR) is 118 cm³/mol. The number of fused-ring (bicyclic) bond motifs is 1. The van der Waals surface area contributed by atoms with Gasteiger partial charge < -0.3 is 10.2 Å². The number of aromatic nitrogens is 2. The summed E-state index contributed by atoms with van der Waals surface area (Å²) in [6.45, 7) is 4.16. The Morgan fingerprint density at radius 2 is 1.94 bits per heavy atom. The van der Waals surface area contributed by atoms with Crippen LogP contribution in [0.4, 0.5) is 0 Å². The van der Waals surface area contributed by atoms with E-state index in [1.165, 1.54) is 30.5 Å². The molecule has 7 heteroatoms. The van der Waals surface area contributed by atoms with Gasteiger partial charge in [0.05, 0.1) is 0 Å². The van der Waals surface area contributed by atoms with Crippen molar-refractivity contribution in [1.82, 2.24) is 24.9 Å². The number of nitrogens with zero attached hydrogens (tertiary/aromatic N) is 4. The Kier molecular flexibility index (Phi) is 5.76. The van der Waals surface area contributed by atoms with Gasteiger partial charge in [-0.2, -0.15) is 5.10 Å². The summed E-state index contributed by atoms with van der Waals surface area (Å²) < 4.78 is 2.08. The van der Waals surface area contributed by atoms with E-state index in [9.17, 15) is 9.59 Å². The molecule has 0 atom stereocenters. The number of nitrogens with one attached hydrogen (secondary N) is 1. The molecule has 0 unspecified atom stereocenters. The third-order valence-corrected chi connectivity index (χ3v) is 7.01. The van der Waals surface area contributed by atoms with E-state index in [4.69, 9.17) is 5.10 Å². The van der Waals surface area contributed by atoms with E-state index in [-0.39, 0.29) is 11.8 Å². The Morgan fingerprint density at radius 1 is 1.10 bits per heavy atom. The molecular formula is C24H31N5O2. The Balaban J connectivity index is 1.41. The van der Waals surface area contributed by atoms with Gasteiger partial charge in [-0.3, -0.25) is 19.2 Å². The maximum absolute atomic E-state index is 13.5. The SMILES string of the molecule is O=C1CCN(C(=O)c2nn(CCc3ccccc3)c3c2CN(C2CCC2)CC3)CCN1. The molecule has 5 rings (SSSR count). The van der Waals surface area contributed by atoms with Crippen molar-refractivity contribution in [2.24, 2.45) is 0 Å². The molecule has 0 spiro atoms. The maximum Gasteiger partial charge on any atom is 0.274 e. The van der Waals surface area contributed by atoms with E-state index < -0.39 is 0 Å². The van der Waals surface area contributed by atoms with Crippen LogP contribution in [0, 0.1) is 0 Å². The number of carbonyl (C=O) groups excluding carboxylic acids is 2. The third kappa shape index (κ3) is 4.24. The van der Waals surface area contributed by atoms with Crippen molar-refractivity contribution < 1.29 is 9.59 Å². The van der Waals surface area contributed by atoms with Gasteiger partial charge in [0.1, 0.15) is 0 Å². The van der Waals surface area contributed by atoms with Crippen molar-refractivity contribution in [1.29, 1.82) is 0 Å². The van der Waals surface area contributed by atoms with Gasteiger partial charge in [0.25, 0.3) is 5.91 Å². The third-order valence-electron chi connectivity index (χ3n) is 7.01. The van der Waals surface area contributed by atoms with Crippen molar-refractivity contribution >= 4 is 11.8 Å². The fourth-order valence-corrected chi connectivity index (χ4v) is 4.93. The van der Waals surface area contributed by atoms with Crippen LogP contribution in [0.25, 0.3) is 0 Å². The van der Waals surface area contributed by atoms with E-state index in [2.05, 4.69) is 39.2 Å². The summed E-state index contributed by atoms with van der Waals surface area (Å²) in [5.74, 6) is -0.0106. The molecule has 3 aliphatic rings. The van der Waals surface area contributed by atoms with Gasteiger partial charge in [-0.25, -0.2) is 0 Å². The van der Waals surface area contributed by atoms with E-state index in [0.29, 0.717) is 37.8 Å². The van der Waals surface area contributed by atoms with Crippen LogP contribution < -0.4 is 5.32 Å². The first-order valence-electron chi connectivity index (χ1n) is 11.6. The number of aryl methyl sites for hydroxylation is 2. The molecule has 2 aromatic rings. The van der Waals surface area contributed by atoms with Gasteiger partial charge in [-0.15, -0.1) is 0 Å². The fraction of sp³-hybridized carbons (Fsp3) is 0.542. The second kappa shape index (κ2) is 8.83. The molecule has 164 valence electrons. The van der Waals surface area contributed by atoms with E-state index in [1.807, 2.05) is 6.07 Å². The lowest BCUT2D eigenvalue weighted by atomic mass is 9.89. The molecule has 1 aliphatic carbocycles. The number of carbonyl (C=O) groups is 2. The summed E-state index contributed by atoms with van der Waals surface area (Å²) in [5.41, 5.74) is 4.21. The number of hydrogen-bond acceptors (Lipinski definition) is 4. The van der Waals surface area contributed by atoms with E-state index in [1.54, 1.807) is 4.90 Å². The number of rotatable bonds is 5. The lowest BCUT2D eigenvalue weighted by Crippen LogP contribution is -2.43. The minimum atomic E-state index is -0.0262. The molecule has 7 nitrogen and oxygen atoms in total. The average molecular weight is 422 g/mol. The minimum Gasteiger partial charge on any atom is -0.354 e. The van der Waals surface area contributed by atoms with Crippen molar-refractivity contribution in [3.63, 3.8) is 0 Å². The molecule has 3 heterocycles. The van der Waals surface area contributed by atoms with Gasteiger partial charge in [0.15, 0.2) is 5.69 Å². The fourth-order valence-electron chi connectivity index (χ4n) is 4.93. The zero-order chi connectivity index (χ0) is 21.2. The van der Waals surface area contributed by atoms with E-state index >= 15 is 0 Å². The molecule has 2 aliphatic heterocycles. The van der Waals surface area contributed by atoms with Crippen molar-refractivity contribution in [2.75, 3.05) is 26.2 Å². The van der Waals surface area contributed by atoms with Crippen LogP contribution in [0.1, 0.15) is 53.0 Å². The van der Waals surface area contributed by atoms with Crippen LogP contribution in [0.3, 0.4) is 0 Å². The normalized spacial score (nSPS) is 20.0. The quantitative estimate of drug-likeness (QED) is 0.802. The van der Waals surface area contributed by atoms with Gasteiger partial charge >= 0.3 is 0 Å². The van der Waals surface area contributed by atoms with Crippen LogP contribution in [0.2, 0.25) is 0 Å². The molecule has 0 radical (unpaired) electrons. The Hall–Kier alpha value is -2.67. The summed E-state index contributed by atoms with van der Waals surface area (Å²) >= 11 is 0. The lowest BCUT2D eigenvalue weighted by molar-refractivity contribution is -0.120. The predicted octanol–water partition coefficient (Wildman–Crippen LogP) is 2.00. The summed E-state index contributed by atoms with van der Waals surface area (Å²) in [5, 5.41) is 7.72. The summed E-state index contributed by atoms with van der Waals surface area (Å²) in [4.78, 5) is 29.5. The smallest absolute Gasteiger partial charge is 0.274 e. The highest BCUT2D eigenvalue weighted by Gasteiger charge is 2.34. The minimum absolute atomic E-state index is 0.0156. The number of benzene rings is 1. The van der Waals surface area contributed by atoms with Crippen molar-refractivity contribution in [3.05, 3.63) is 52.8 Å². The Morgan fingerprint density at radius 3 is 2.71 bits per heavy atom. The van der Waals surface area contributed by atoms with Crippen LogP contribution in [-0.4, -0.2) is 63.6 Å². The van der Waals surface area contributed by atoms with Crippen molar-refractivity contribution in [2.45, 2.75) is 57.7 Å². The summed E-state index contributed by atoms with van der Waals surface area (Å²) in [6, 6.07) is 11.1. The summed E-state index contributed by atoms with van der Waals surface area (Å²) in [7, 11) is 0. The van der Waals surface area contributed by atoms with Crippen LogP contribution >= 0.6 is 0 Å². The molecule has 2 amide bonds. The first kappa shape index (κ1) is 20.2. The zero-order valence-corrected chi connectivity index (χ0v) is 18.1. The van der Waals surface area contributed by atoms with Crippen LogP contribution in [0.15, 0.2) is 30.3 Å². The highest BCUT2D eigenvalue weighted by atomic mass is 16.2. The Bertz CT molecular complexity index is 950. The maximum atomic E-state index is 13.5. The second-order valence-corrected chi connectivity index (χ2v) is 8.93. The molecular weight excluding hydrogens is 390 g/mol. The van der Waals surface area contributed by atoms with Crippen LogP contribution in [0.5, 0.6) is 0 Å². The zero-order valence-electron chi connectivity index (χ0n) is 18.1. The molecule has 1 aromatic heterocycles. The monoisotopic (exact) mass is 421 g/mol. The van der Waals surface area contributed by atoms with Gasteiger partial charge in [-0.05, 0) is 24.8 Å². The summed E-state index contributed by atoms with van der Waals surface area (Å²) in [6.07, 6.45) is 6.04. The van der Waals surface area contributed by atoms with E-state index in [0.717, 1.165) is 38.0 Å². The number of hydrogen-bond donors (Lipinski definition) is 1. The lowest BCUT2D eigenvalue weighted by Gasteiger charge is -2.40. The van der Waals surface area contributed by atoms with Gasteiger partial charge in [0.2, 0.25) is 5.91 Å². The molecule has 0 bridgehead atoms. The highest BCUT2D eigenvalue weighted by molar-refractivity contribution is 5.94. The molecule has 31 heavy (non-hydrogen) atoms. The molecule has 2 fully saturated rings. The number of amides is 2. The topological polar surface area (TPSA) is 70.5 Å². The van der Waals surface area contributed by atoms with Crippen molar-refractivity contribution in [3.8, 4) is 0 Å². The van der Waals surface area contributed by atoms with Crippen LogP contribution in [-0.2, 0) is 30.7 Å². The van der Waals surface area contributed by atoms with Gasteiger partial charge in [0, 0.05) is 69.4 Å². The highest BCUT2D eigenvalue weighted by Crippen LogP contribution is 2.31. The standard InChI is InChI=1S/C24H31N5O2/c30-22-11-14-27(16-12-25-22)24(31)23-20-17-28(19-7-4-8-19)13-10-21(20)29(26-23)15-9-18-5-2-1-3-6-18/h1-3,5-6,19H,4,7-17H2,(H,25,30). The first-order valence-corrected chi connectivity index (χ1v) is 11.6. The second-order valence-electron chi connectivity index (χ2n) is 8.93. The molecule has 1 N–H and O–H groups in total.